The fourth-order valence-corrected chi connectivity index (χ4v) is 0. The molecule has 0 atom stereocenters. The maximum absolute atomic E-state index is 8.00. The molecule has 2 N–H and O–H groups in total. The molecule has 0 fully saturated rings. The minimum atomic E-state index is 0. The summed E-state index contributed by atoms with van der Waals surface area (Å²) >= 11 is 0. The van der Waals surface area contributed by atoms with E-state index in [4.69, 9.17) is 4.79 Å². The van der Waals surface area contributed by atoms with Gasteiger partial charge in [0.1, 0.15) is 6.79 Å². The lowest BCUT2D eigenvalue weighted by Crippen LogP contribution is -1.69. The van der Waals surface area contributed by atoms with Crippen LogP contribution in [0.5, 0.6) is 0 Å². The molecule has 5 heavy (non-hydrogen) atoms. The van der Waals surface area contributed by atoms with E-state index in [0.29, 0.717) is 0 Å². The van der Waals surface area contributed by atoms with Crippen molar-refractivity contribution in [1.82, 2.24) is 0 Å². The zero-order chi connectivity index (χ0) is 4.00. The molecule has 0 rings (SSSR count). The van der Waals surface area contributed by atoms with E-state index in [1.807, 2.05) is 6.79 Å². The molecule has 2 heteroatoms. The summed E-state index contributed by atoms with van der Waals surface area (Å²) in [6, 6.07) is 0. The van der Waals surface area contributed by atoms with Crippen LogP contribution in [0.2, 0.25) is 0 Å². The minimum Gasteiger partial charge on any atom is -0.333 e. The smallest absolute Gasteiger partial charge is 0.106 e. The molecule has 0 radical (unpaired) electrons. The number of rotatable bonds is 0. The Morgan fingerprint density at radius 3 is 1.40 bits per heavy atom. The van der Waals surface area contributed by atoms with Gasteiger partial charge in [0, 0.05) is 0 Å². The van der Waals surface area contributed by atoms with Crippen LogP contribution in [0.25, 0.3) is 0 Å². The lowest BCUT2D eigenvalue weighted by atomic mass is 11.6. The summed E-state index contributed by atoms with van der Waals surface area (Å²) in [7, 11) is 1.50. The van der Waals surface area contributed by atoms with Crippen molar-refractivity contribution in [1.29, 1.82) is 0 Å². The van der Waals surface area contributed by atoms with Crippen molar-refractivity contribution in [3.05, 3.63) is 0 Å². The van der Waals surface area contributed by atoms with E-state index in [2.05, 4.69) is 5.73 Å². The number of carbonyl (C=O) groups excluding carboxylic acids is 1. The van der Waals surface area contributed by atoms with Crippen molar-refractivity contribution < 1.29 is 4.79 Å². The van der Waals surface area contributed by atoms with Crippen molar-refractivity contribution in [2.75, 3.05) is 7.05 Å². The van der Waals surface area contributed by atoms with Gasteiger partial charge in [-0.05, 0) is 7.05 Å². The van der Waals surface area contributed by atoms with Crippen LogP contribution in [0.15, 0.2) is 0 Å². The normalized spacial score (nSPS) is 2.00. The summed E-state index contributed by atoms with van der Waals surface area (Å²) in [6.45, 7) is 2.00. The average molecular weight is 77.1 g/mol. The second-order valence-corrected chi connectivity index (χ2v) is 0. The molecule has 34 valence electrons. The highest BCUT2D eigenvalue weighted by atomic mass is 16.1. The molecule has 2 nitrogen and oxygen atoms in total. The largest absolute Gasteiger partial charge is 0.333 e. The lowest BCUT2D eigenvalue weighted by molar-refractivity contribution is -0.0979. The molecule has 0 saturated carbocycles. The summed E-state index contributed by atoms with van der Waals surface area (Å²) < 4.78 is 0. The van der Waals surface area contributed by atoms with E-state index < -0.39 is 0 Å². The first-order chi connectivity index (χ1) is 2.00. The molecule has 0 aliphatic heterocycles. The van der Waals surface area contributed by atoms with Gasteiger partial charge < -0.3 is 10.5 Å². The molecule has 0 aromatic rings. The first kappa shape index (κ1) is 23.0. The van der Waals surface area contributed by atoms with E-state index >= 15 is 0 Å². The fraction of sp³-hybridized carbons (Fsp3) is 0.667. The Morgan fingerprint density at radius 2 is 1.40 bits per heavy atom. The Balaban J connectivity index is -0.0000000133. The molecule has 0 amide bonds. The number of hydrogen-bond acceptors (Lipinski definition) is 2. The molecule has 0 bridgehead atoms. The molecular formula is C3H11NO. The molecule has 0 unspecified atom stereocenters. The first-order valence-electron chi connectivity index (χ1n) is 0.866. The van der Waals surface area contributed by atoms with E-state index in [-0.39, 0.29) is 7.43 Å². The van der Waals surface area contributed by atoms with Crippen molar-refractivity contribution in [2.24, 2.45) is 5.73 Å². The Hall–Kier alpha value is -0.370. The standard InChI is InChI=1S/CH5N.CH2O.CH4/c2*1-2;/h2H2,1H3;1H2;1H4. The van der Waals surface area contributed by atoms with E-state index in [0.717, 1.165) is 0 Å². The summed E-state index contributed by atoms with van der Waals surface area (Å²) in [4.78, 5) is 8.00. The number of carbonyl (C=O) groups is 1. The van der Waals surface area contributed by atoms with Gasteiger partial charge in [0.25, 0.3) is 0 Å². The second kappa shape index (κ2) is 183. The van der Waals surface area contributed by atoms with Crippen molar-refractivity contribution in [3.8, 4) is 0 Å². The second-order valence-electron chi connectivity index (χ2n) is 0. The van der Waals surface area contributed by atoms with Crippen LogP contribution in [0, 0.1) is 0 Å². The zero-order valence-electron chi connectivity index (χ0n) is 2.69. The fourth-order valence-electron chi connectivity index (χ4n) is 0. The summed E-state index contributed by atoms with van der Waals surface area (Å²) in [5, 5.41) is 0. The van der Waals surface area contributed by atoms with E-state index in [1.165, 1.54) is 7.05 Å². The molecule has 0 saturated heterocycles. The Kier molecular flexibility index (Phi) is 842. The zero-order valence-corrected chi connectivity index (χ0v) is 2.69. The van der Waals surface area contributed by atoms with Gasteiger partial charge in [-0.15, -0.1) is 0 Å². The summed E-state index contributed by atoms with van der Waals surface area (Å²) in [5.74, 6) is 0. The quantitative estimate of drug-likeness (QED) is 0.443. The molecule has 0 aromatic heterocycles. The first-order valence-corrected chi connectivity index (χ1v) is 0.866. The predicted octanol–water partition coefficient (Wildman–Crippen LogP) is 0.0261. The predicted molar refractivity (Wildman–Crippen MR) is 24.0 cm³/mol. The highest BCUT2D eigenvalue weighted by molar-refractivity contribution is 5.10. The van der Waals surface area contributed by atoms with Crippen molar-refractivity contribution in [2.45, 2.75) is 7.43 Å². The average Bonchev–Trinajstić information content (AvgIpc) is 1.50. The molecule has 0 spiro atoms. The Labute approximate surface area is 33.0 Å². The SMILES string of the molecule is C.C=O.CN. The van der Waals surface area contributed by atoms with Crippen molar-refractivity contribution >= 4 is 6.79 Å². The lowest BCUT2D eigenvalue weighted by Gasteiger charge is -1.19. The molecule has 0 aliphatic carbocycles. The van der Waals surface area contributed by atoms with Gasteiger partial charge >= 0.3 is 0 Å². The van der Waals surface area contributed by atoms with Crippen LogP contribution >= 0.6 is 0 Å². The van der Waals surface area contributed by atoms with E-state index in [9.17, 15) is 0 Å². The number of hydrogen-bond donors (Lipinski definition) is 1. The highest BCUT2D eigenvalue weighted by Gasteiger charge is 0.836. The topological polar surface area (TPSA) is 43.1 Å². The van der Waals surface area contributed by atoms with Crippen LogP contribution in [0.4, 0.5) is 0 Å². The maximum atomic E-state index is 8.00. The third-order valence-electron chi connectivity index (χ3n) is 0. The third-order valence-corrected chi connectivity index (χ3v) is 0. The summed E-state index contributed by atoms with van der Waals surface area (Å²) in [5.41, 5.74) is 4.50. The minimum absolute atomic E-state index is 0. The van der Waals surface area contributed by atoms with Gasteiger partial charge in [-0.3, -0.25) is 0 Å². The Morgan fingerprint density at radius 1 is 1.40 bits per heavy atom. The highest BCUT2D eigenvalue weighted by Crippen LogP contribution is 0.495. The number of nitrogens with two attached hydrogens (primary N) is 1. The molecule has 0 aliphatic rings. The molecule has 0 heterocycles. The van der Waals surface area contributed by atoms with Gasteiger partial charge in [-0.2, -0.15) is 0 Å². The van der Waals surface area contributed by atoms with Crippen LogP contribution in [-0.4, -0.2) is 13.8 Å². The maximum Gasteiger partial charge on any atom is 0.106 e. The molecule has 0 aromatic carbocycles. The van der Waals surface area contributed by atoms with Crippen LogP contribution in [0.1, 0.15) is 7.43 Å². The van der Waals surface area contributed by atoms with Crippen LogP contribution in [0.3, 0.4) is 0 Å². The van der Waals surface area contributed by atoms with Gasteiger partial charge in [0.2, 0.25) is 0 Å². The van der Waals surface area contributed by atoms with E-state index in [1.54, 1.807) is 0 Å². The molecular weight excluding hydrogens is 66.0 g/mol. The Bertz CT molecular complexity index is 6.85. The van der Waals surface area contributed by atoms with Gasteiger partial charge in [0.15, 0.2) is 0 Å². The summed E-state index contributed by atoms with van der Waals surface area (Å²) in [6.07, 6.45) is 0. The van der Waals surface area contributed by atoms with Gasteiger partial charge in [-0.25, -0.2) is 0 Å². The van der Waals surface area contributed by atoms with Crippen LogP contribution in [-0.2, 0) is 4.79 Å². The monoisotopic (exact) mass is 77.1 g/mol. The van der Waals surface area contributed by atoms with Gasteiger partial charge in [0.05, 0.1) is 0 Å². The van der Waals surface area contributed by atoms with Gasteiger partial charge in [-0.1, -0.05) is 7.43 Å². The third kappa shape index (κ3) is 70.4. The van der Waals surface area contributed by atoms with Crippen molar-refractivity contribution in [3.63, 3.8) is 0 Å². The van der Waals surface area contributed by atoms with Crippen LogP contribution < -0.4 is 5.73 Å².